The fourth-order valence-electron chi connectivity index (χ4n) is 1.67. The molecule has 1 heterocycles. The lowest BCUT2D eigenvalue weighted by molar-refractivity contribution is -0.292. The van der Waals surface area contributed by atoms with Gasteiger partial charge in [-0.15, -0.1) is 0 Å². The van der Waals surface area contributed by atoms with Crippen LogP contribution in [-0.4, -0.2) is 22.7 Å². The van der Waals surface area contributed by atoms with Crippen LogP contribution in [-0.2, 0) is 5.92 Å². The van der Waals surface area contributed by atoms with Gasteiger partial charge in [-0.1, -0.05) is 15.9 Å². The summed E-state index contributed by atoms with van der Waals surface area (Å²) in [7, 11) is 0. The Morgan fingerprint density at radius 3 is 2.38 bits per heavy atom. The van der Waals surface area contributed by atoms with E-state index in [4.69, 9.17) is 0 Å². The van der Waals surface area contributed by atoms with Crippen molar-refractivity contribution in [1.29, 1.82) is 0 Å². The number of nitrogens with zero attached hydrogens (tertiary/aromatic N) is 2. The fraction of sp³-hybridized carbons (Fsp3) is 0.333. The molecule has 0 aliphatic heterocycles. The van der Waals surface area contributed by atoms with E-state index in [1.807, 2.05) is 0 Å². The minimum absolute atomic E-state index is 0.00285. The number of hydrogen-bond donors (Lipinski definition) is 1. The molecular formula is C12H9BrF5N3. The maximum Gasteiger partial charge on any atom is 0.461 e. The summed E-state index contributed by atoms with van der Waals surface area (Å²) in [5.41, 5.74) is 0.00285. The third kappa shape index (κ3) is 2.92. The first-order chi connectivity index (χ1) is 9.66. The van der Waals surface area contributed by atoms with E-state index < -0.39 is 17.9 Å². The molecule has 2 aromatic rings. The van der Waals surface area contributed by atoms with E-state index in [0.29, 0.717) is 16.4 Å². The maximum atomic E-state index is 13.4. The van der Waals surface area contributed by atoms with Gasteiger partial charge in [0.15, 0.2) is 0 Å². The van der Waals surface area contributed by atoms with Crippen LogP contribution >= 0.6 is 15.9 Å². The van der Waals surface area contributed by atoms with Crippen LogP contribution in [0.1, 0.15) is 12.7 Å². The predicted octanol–water partition coefficient (Wildman–Crippen LogP) is 4.48. The number of anilines is 1. The number of aromatic nitrogens is 2. The van der Waals surface area contributed by atoms with Crippen LogP contribution in [0.15, 0.2) is 22.7 Å². The van der Waals surface area contributed by atoms with E-state index in [0.717, 1.165) is 0 Å². The highest BCUT2D eigenvalue weighted by atomic mass is 79.9. The Kier molecular flexibility index (Phi) is 4.05. The average molecular weight is 370 g/mol. The lowest BCUT2D eigenvalue weighted by atomic mass is 10.2. The molecule has 0 unspecified atom stereocenters. The number of rotatable bonds is 3. The molecule has 0 bridgehead atoms. The van der Waals surface area contributed by atoms with E-state index in [-0.39, 0.29) is 11.3 Å². The number of nitrogens with one attached hydrogen (secondary N) is 1. The Morgan fingerprint density at radius 1 is 1.14 bits per heavy atom. The van der Waals surface area contributed by atoms with E-state index in [9.17, 15) is 22.0 Å². The molecule has 3 nitrogen and oxygen atoms in total. The van der Waals surface area contributed by atoms with Gasteiger partial charge in [-0.25, -0.2) is 9.97 Å². The second-order valence-electron chi connectivity index (χ2n) is 4.16. The summed E-state index contributed by atoms with van der Waals surface area (Å²) < 4.78 is 64.8. The molecular weight excluding hydrogens is 361 g/mol. The molecule has 0 amide bonds. The number of hydrogen-bond acceptors (Lipinski definition) is 3. The minimum atomic E-state index is -5.75. The summed E-state index contributed by atoms with van der Waals surface area (Å²) in [5, 5.41) is 3.02. The highest BCUT2D eigenvalue weighted by molar-refractivity contribution is 9.10. The summed E-state index contributed by atoms with van der Waals surface area (Å²) in [5.74, 6) is -6.75. The molecule has 9 heteroatoms. The lowest BCUT2D eigenvalue weighted by Gasteiger charge is -2.19. The zero-order valence-electron chi connectivity index (χ0n) is 10.6. The molecule has 1 N–H and O–H groups in total. The van der Waals surface area contributed by atoms with Gasteiger partial charge >= 0.3 is 12.1 Å². The molecule has 0 aliphatic rings. The molecule has 0 saturated carbocycles. The second kappa shape index (κ2) is 5.36. The largest absolute Gasteiger partial charge is 0.461 e. The Labute approximate surface area is 124 Å². The Balaban J connectivity index is 2.70. The van der Waals surface area contributed by atoms with Crippen molar-refractivity contribution in [3.63, 3.8) is 0 Å². The smallest absolute Gasteiger partial charge is 0.370 e. The molecule has 0 atom stereocenters. The first-order valence-electron chi connectivity index (χ1n) is 5.83. The zero-order chi connectivity index (χ0) is 15.8. The van der Waals surface area contributed by atoms with Crippen molar-refractivity contribution >= 4 is 32.7 Å². The molecule has 0 radical (unpaired) electrons. The van der Waals surface area contributed by atoms with Crippen molar-refractivity contribution in [2.45, 2.75) is 19.0 Å². The average Bonchev–Trinajstić information content (AvgIpc) is 2.38. The van der Waals surface area contributed by atoms with Gasteiger partial charge in [0.05, 0.1) is 5.52 Å². The van der Waals surface area contributed by atoms with Crippen molar-refractivity contribution in [2.24, 2.45) is 0 Å². The van der Waals surface area contributed by atoms with Crippen LogP contribution < -0.4 is 5.32 Å². The molecule has 1 aromatic heterocycles. The van der Waals surface area contributed by atoms with Crippen LogP contribution in [0.4, 0.5) is 27.8 Å². The third-order valence-electron chi connectivity index (χ3n) is 2.64. The Morgan fingerprint density at radius 2 is 1.81 bits per heavy atom. The van der Waals surface area contributed by atoms with Crippen LogP contribution in [0.3, 0.4) is 0 Å². The van der Waals surface area contributed by atoms with Gasteiger partial charge in [0.1, 0.15) is 5.82 Å². The van der Waals surface area contributed by atoms with Crippen LogP contribution in [0.25, 0.3) is 10.9 Å². The van der Waals surface area contributed by atoms with Gasteiger partial charge in [0.2, 0.25) is 5.82 Å². The van der Waals surface area contributed by atoms with Gasteiger partial charge in [0.25, 0.3) is 0 Å². The molecule has 0 spiro atoms. The Bertz CT molecular complexity index is 672. The molecule has 1 aromatic carbocycles. The SMILES string of the molecule is CCNc1nc(C(F)(F)C(F)(F)F)nc2ccc(Br)cc12. The van der Waals surface area contributed by atoms with E-state index in [2.05, 4.69) is 31.2 Å². The number of benzene rings is 1. The maximum absolute atomic E-state index is 13.4. The number of alkyl halides is 5. The first-order valence-corrected chi connectivity index (χ1v) is 6.62. The number of fused-ring (bicyclic) bond motifs is 1. The van der Waals surface area contributed by atoms with E-state index in [1.54, 1.807) is 13.0 Å². The summed E-state index contributed by atoms with van der Waals surface area (Å²) in [6.45, 7) is 1.99. The third-order valence-corrected chi connectivity index (χ3v) is 3.13. The van der Waals surface area contributed by atoms with Crippen LogP contribution in [0.2, 0.25) is 0 Å². The summed E-state index contributed by atoms with van der Waals surface area (Å²) in [4.78, 5) is 6.71. The molecule has 0 fully saturated rings. The van der Waals surface area contributed by atoms with Crippen LogP contribution in [0.5, 0.6) is 0 Å². The van der Waals surface area contributed by atoms with Crippen molar-refractivity contribution < 1.29 is 22.0 Å². The van der Waals surface area contributed by atoms with Crippen LogP contribution in [0, 0.1) is 0 Å². The zero-order valence-corrected chi connectivity index (χ0v) is 12.2. The highest BCUT2D eigenvalue weighted by Gasteiger charge is 2.61. The van der Waals surface area contributed by atoms with Gasteiger partial charge in [-0.05, 0) is 25.1 Å². The Hall–Kier alpha value is -1.51. The lowest BCUT2D eigenvalue weighted by Crippen LogP contribution is -2.35. The summed E-state index contributed by atoms with van der Waals surface area (Å²) in [6, 6.07) is 4.39. The van der Waals surface area contributed by atoms with Gasteiger partial charge in [-0.2, -0.15) is 22.0 Å². The highest BCUT2D eigenvalue weighted by Crippen LogP contribution is 2.43. The predicted molar refractivity (Wildman–Crippen MR) is 71.4 cm³/mol. The fourth-order valence-corrected chi connectivity index (χ4v) is 2.03. The van der Waals surface area contributed by atoms with Gasteiger partial charge < -0.3 is 5.32 Å². The molecule has 0 aliphatic carbocycles. The number of halogens is 6. The van der Waals surface area contributed by atoms with Crippen molar-refractivity contribution in [1.82, 2.24) is 9.97 Å². The van der Waals surface area contributed by atoms with Gasteiger partial charge in [0, 0.05) is 16.4 Å². The first kappa shape index (κ1) is 15.9. The topological polar surface area (TPSA) is 37.8 Å². The monoisotopic (exact) mass is 369 g/mol. The van der Waals surface area contributed by atoms with Gasteiger partial charge in [-0.3, -0.25) is 0 Å². The quantitative estimate of drug-likeness (QED) is 0.810. The van der Waals surface area contributed by atoms with Crippen molar-refractivity contribution in [3.05, 3.63) is 28.5 Å². The van der Waals surface area contributed by atoms with E-state index >= 15 is 0 Å². The second-order valence-corrected chi connectivity index (χ2v) is 5.08. The normalized spacial score (nSPS) is 12.7. The van der Waals surface area contributed by atoms with E-state index in [1.165, 1.54) is 12.1 Å². The minimum Gasteiger partial charge on any atom is -0.370 e. The van der Waals surface area contributed by atoms with Crippen molar-refractivity contribution in [2.75, 3.05) is 11.9 Å². The van der Waals surface area contributed by atoms with Crippen molar-refractivity contribution in [3.8, 4) is 0 Å². The summed E-state index contributed by atoms with van der Waals surface area (Å²) in [6.07, 6.45) is -5.75. The molecule has 114 valence electrons. The molecule has 2 rings (SSSR count). The standard InChI is InChI=1S/C12H9BrF5N3/c1-2-19-9-7-5-6(13)3-4-8(7)20-10(21-9)11(14,15)12(16,17)18/h3-5H,2H2,1H3,(H,19,20,21). The summed E-state index contributed by atoms with van der Waals surface area (Å²) >= 11 is 3.20. The molecule has 0 saturated heterocycles. The molecule has 21 heavy (non-hydrogen) atoms.